The summed E-state index contributed by atoms with van der Waals surface area (Å²) in [6.07, 6.45) is -0.844. The molecule has 0 spiro atoms. The molecule has 4 aliphatic rings. The summed E-state index contributed by atoms with van der Waals surface area (Å²) in [5.41, 5.74) is 0.635. The van der Waals surface area contributed by atoms with Crippen LogP contribution in [0.25, 0.3) is 0 Å². The Kier molecular flexibility index (Phi) is 8.44. The lowest BCUT2D eigenvalue weighted by atomic mass is 9.99. The van der Waals surface area contributed by atoms with Gasteiger partial charge in [0, 0.05) is 6.07 Å². The molecule has 0 radical (unpaired) electrons. The molecule has 4 heterocycles. The summed E-state index contributed by atoms with van der Waals surface area (Å²) >= 11 is 0. The third-order valence-corrected chi connectivity index (χ3v) is 10.2. The van der Waals surface area contributed by atoms with Crippen molar-refractivity contribution >= 4 is 16.1 Å². The van der Waals surface area contributed by atoms with Gasteiger partial charge in [0.05, 0.1) is 42.7 Å². The molecule has 6 rings (SSSR count). The van der Waals surface area contributed by atoms with Crippen molar-refractivity contribution in [1.29, 1.82) is 0 Å². The third kappa shape index (κ3) is 6.20. The van der Waals surface area contributed by atoms with E-state index in [-0.39, 0.29) is 48.9 Å². The van der Waals surface area contributed by atoms with E-state index in [0.29, 0.717) is 42.1 Å². The molecule has 44 heavy (non-hydrogen) atoms. The Hall–Kier alpha value is -3.10. The average molecular weight is 633 g/mol. The summed E-state index contributed by atoms with van der Waals surface area (Å²) in [5, 5.41) is 13.2. The Balaban J connectivity index is 1.43. The zero-order chi connectivity index (χ0) is 31.2. The molecule has 1 unspecified atom stereocenters. The van der Waals surface area contributed by atoms with Gasteiger partial charge in [-0.1, -0.05) is 26.0 Å². The van der Waals surface area contributed by atoms with Gasteiger partial charge in [-0.2, -0.15) is 4.31 Å². The van der Waals surface area contributed by atoms with Crippen molar-refractivity contribution in [2.24, 2.45) is 11.8 Å². The molecule has 0 aliphatic carbocycles. The normalized spacial score (nSPS) is 26.1. The topological polar surface area (TPSA) is 142 Å². The molecule has 0 bridgehead atoms. The van der Waals surface area contributed by atoms with Crippen molar-refractivity contribution in [3.8, 4) is 17.2 Å². The quantitative estimate of drug-likeness (QED) is 0.419. The number of hydrogen-bond acceptors (Lipinski definition) is 11. The van der Waals surface area contributed by atoms with E-state index in [4.69, 9.17) is 28.4 Å². The number of amides is 1. The van der Waals surface area contributed by atoms with Crippen LogP contribution in [0.3, 0.4) is 0 Å². The predicted molar refractivity (Wildman–Crippen MR) is 157 cm³/mol. The highest BCUT2D eigenvalue weighted by Crippen LogP contribution is 2.41. The number of benzene rings is 2. The molecular formula is C31H40N2O10S. The van der Waals surface area contributed by atoms with E-state index in [1.54, 1.807) is 18.2 Å². The number of phenols is 1. The van der Waals surface area contributed by atoms with Crippen LogP contribution in [0.1, 0.15) is 45.2 Å². The Morgan fingerprint density at radius 3 is 2.59 bits per heavy atom. The van der Waals surface area contributed by atoms with Crippen molar-refractivity contribution in [2.45, 2.75) is 82.1 Å². The summed E-state index contributed by atoms with van der Waals surface area (Å²) in [6, 6.07) is 7.88. The number of hydrogen-bond donors (Lipinski definition) is 2. The van der Waals surface area contributed by atoms with E-state index < -0.39 is 46.3 Å². The van der Waals surface area contributed by atoms with Crippen LogP contribution in [0.15, 0.2) is 41.3 Å². The van der Waals surface area contributed by atoms with E-state index in [1.807, 2.05) is 27.7 Å². The standard InChI is InChI=1S/C31H40N2O10S/c1-18(2)11-20-13-22(14-26-28(20)41-17-40-26)44(36,37)33(30(35)43-27-16-39-29-23(27)9-10-38-29)25(24-15-42-31(3,4)32-24)12-19-5-7-21(34)8-6-19/h5-8,13-14,18,23-25,27,29,32,34H,9-12,15-17H2,1-4H3/t23-,24+,25?,27-,29+/m0/s1. The highest BCUT2D eigenvalue weighted by atomic mass is 32.2. The first-order valence-electron chi connectivity index (χ1n) is 15.0. The molecule has 12 nitrogen and oxygen atoms in total. The number of sulfonamides is 1. The average Bonchev–Trinajstić information content (AvgIpc) is 3.75. The monoisotopic (exact) mass is 632 g/mol. The zero-order valence-electron chi connectivity index (χ0n) is 25.4. The minimum Gasteiger partial charge on any atom is -0.508 e. The van der Waals surface area contributed by atoms with Crippen molar-refractivity contribution in [2.75, 3.05) is 26.6 Å². The first-order valence-corrected chi connectivity index (χ1v) is 16.5. The van der Waals surface area contributed by atoms with Gasteiger partial charge in [0.15, 0.2) is 17.8 Å². The number of rotatable bonds is 9. The predicted octanol–water partition coefficient (Wildman–Crippen LogP) is 3.54. The van der Waals surface area contributed by atoms with Gasteiger partial charge >= 0.3 is 6.09 Å². The van der Waals surface area contributed by atoms with E-state index in [2.05, 4.69) is 5.32 Å². The van der Waals surface area contributed by atoms with Gasteiger partial charge in [0.1, 0.15) is 17.6 Å². The molecule has 5 atom stereocenters. The lowest BCUT2D eigenvalue weighted by Crippen LogP contribution is -2.57. The molecular weight excluding hydrogens is 592 g/mol. The highest BCUT2D eigenvalue weighted by molar-refractivity contribution is 7.89. The van der Waals surface area contributed by atoms with E-state index >= 15 is 0 Å². The smallest absolute Gasteiger partial charge is 0.424 e. The van der Waals surface area contributed by atoms with Crippen LogP contribution >= 0.6 is 0 Å². The molecule has 3 saturated heterocycles. The van der Waals surface area contributed by atoms with Crippen LogP contribution in [-0.4, -0.2) is 80.7 Å². The van der Waals surface area contributed by atoms with Crippen LogP contribution in [0.4, 0.5) is 4.79 Å². The van der Waals surface area contributed by atoms with Crippen LogP contribution in [0.5, 0.6) is 17.2 Å². The van der Waals surface area contributed by atoms with Gasteiger partial charge in [-0.05, 0) is 68.4 Å². The second-order valence-electron chi connectivity index (χ2n) is 12.7. The molecule has 240 valence electrons. The van der Waals surface area contributed by atoms with E-state index in [9.17, 15) is 18.3 Å². The number of carbonyl (C=O) groups is 1. The van der Waals surface area contributed by atoms with Crippen molar-refractivity contribution in [3.63, 3.8) is 0 Å². The van der Waals surface area contributed by atoms with Gasteiger partial charge < -0.3 is 33.5 Å². The van der Waals surface area contributed by atoms with Gasteiger partial charge in [0.25, 0.3) is 10.0 Å². The van der Waals surface area contributed by atoms with E-state index in [0.717, 1.165) is 4.31 Å². The number of nitrogens with one attached hydrogen (secondary N) is 1. The Bertz CT molecular complexity index is 1480. The molecule has 4 aliphatic heterocycles. The van der Waals surface area contributed by atoms with Gasteiger partial charge in [-0.3, -0.25) is 5.32 Å². The Morgan fingerprint density at radius 2 is 1.89 bits per heavy atom. The van der Waals surface area contributed by atoms with E-state index in [1.165, 1.54) is 18.2 Å². The zero-order valence-corrected chi connectivity index (χ0v) is 26.2. The highest BCUT2D eigenvalue weighted by Gasteiger charge is 2.49. The Morgan fingerprint density at radius 1 is 1.11 bits per heavy atom. The minimum atomic E-state index is -4.54. The van der Waals surface area contributed by atoms with Gasteiger partial charge in [-0.15, -0.1) is 0 Å². The number of aromatic hydroxyl groups is 1. The number of phenolic OH excluding ortho intramolecular Hbond substituents is 1. The SMILES string of the molecule is CC(C)Cc1cc(S(=O)(=O)N(C(=O)O[C@H]2CO[C@H]3OCC[C@H]32)C(Cc2ccc(O)cc2)[C@H]2COC(C)(C)N2)cc2c1OCO2. The molecule has 3 fully saturated rings. The molecule has 2 N–H and O–H groups in total. The first kappa shape index (κ1) is 30.9. The van der Waals surface area contributed by atoms with Gasteiger partial charge in [-0.25, -0.2) is 13.2 Å². The fourth-order valence-electron chi connectivity index (χ4n) is 6.35. The fraction of sp³-hybridized carbons (Fsp3) is 0.581. The lowest BCUT2D eigenvalue weighted by Gasteiger charge is -2.35. The second kappa shape index (κ2) is 12.0. The largest absolute Gasteiger partial charge is 0.508 e. The Labute approximate surface area is 257 Å². The van der Waals surface area contributed by atoms with Crippen molar-refractivity contribution < 1.29 is 46.7 Å². The summed E-state index contributed by atoms with van der Waals surface area (Å²) < 4.78 is 64.9. The van der Waals surface area contributed by atoms with Crippen molar-refractivity contribution in [1.82, 2.24) is 9.62 Å². The summed E-state index contributed by atoms with van der Waals surface area (Å²) in [6.45, 7) is 8.45. The number of ether oxygens (including phenoxy) is 6. The summed E-state index contributed by atoms with van der Waals surface area (Å²) in [4.78, 5) is 14.2. The van der Waals surface area contributed by atoms with Crippen LogP contribution in [0, 0.1) is 11.8 Å². The van der Waals surface area contributed by atoms with Crippen LogP contribution < -0.4 is 14.8 Å². The minimum absolute atomic E-state index is 0.0239. The molecule has 1 amide bonds. The maximum Gasteiger partial charge on any atom is 0.424 e. The third-order valence-electron chi connectivity index (χ3n) is 8.43. The van der Waals surface area contributed by atoms with Crippen molar-refractivity contribution in [3.05, 3.63) is 47.5 Å². The lowest BCUT2D eigenvalue weighted by molar-refractivity contribution is -0.0907. The molecule has 13 heteroatoms. The van der Waals surface area contributed by atoms with Crippen LogP contribution in [0.2, 0.25) is 0 Å². The summed E-state index contributed by atoms with van der Waals surface area (Å²) in [7, 11) is -4.54. The number of carbonyl (C=O) groups excluding carboxylic acids is 1. The second-order valence-corrected chi connectivity index (χ2v) is 14.5. The number of nitrogens with zero attached hydrogens (tertiary/aromatic N) is 1. The van der Waals surface area contributed by atoms with Crippen LogP contribution in [-0.2, 0) is 41.8 Å². The molecule has 0 aromatic heterocycles. The van der Waals surface area contributed by atoms with Gasteiger partial charge in [0.2, 0.25) is 6.79 Å². The molecule has 2 aromatic carbocycles. The maximum atomic E-state index is 14.8. The summed E-state index contributed by atoms with van der Waals surface area (Å²) in [5.74, 6) is 0.911. The molecule has 0 saturated carbocycles. The maximum absolute atomic E-state index is 14.8. The molecule has 2 aromatic rings. The fourth-order valence-corrected chi connectivity index (χ4v) is 7.94. The first-order chi connectivity index (χ1) is 20.9. The number of fused-ring (bicyclic) bond motifs is 2.